The minimum Gasteiger partial charge on any atom is -0.486 e. The summed E-state index contributed by atoms with van der Waals surface area (Å²) in [4.78, 5) is 0. The van der Waals surface area contributed by atoms with Crippen molar-refractivity contribution in [3.8, 4) is 11.5 Å². The second kappa shape index (κ2) is 5.89. The number of ether oxygens (including phenoxy) is 2. The van der Waals surface area contributed by atoms with E-state index in [1.165, 1.54) is 0 Å². The van der Waals surface area contributed by atoms with Crippen molar-refractivity contribution in [3.63, 3.8) is 0 Å². The van der Waals surface area contributed by atoms with E-state index < -0.39 is 0 Å². The summed E-state index contributed by atoms with van der Waals surface area (Å²) in [5.74, 6) is 7.26. The Morgan fingerprint density at radius 2 is 2.22 bits per heavy atom. The third-order valence-corrected chi connectivity index (χ3v) is 3.03. The van der Waals surface area contributed by atoms with Crippen LogP contribution in [0.15, 0.2) is 30.4 Å². The Bertz CT molecular complexity index is 432. The maximum Gasteiger partial charge on any atom is 0.166 e. The van der Waals surface area contributed by atoms with Gasteiger partial charge < -0.3 is 9.47 Å². The molecule has 0 radical (unpaired) electrons. The summed E-state index contributed by atoms with van der Waals surface area (Å²) in [5, 5.41) is 0. The van der Waals surface area contributed by atoms with Gasteiger partial charge in [-0.3, -0.25) is 11.3 Å². The Morgan fingerprint density at radius 1 is 1.44 bits per heavy atom. The number of benzene rings is 1. The standard InChI is InChI=1S/C14H20N2O2/c1-10(2)6-7-12(16-15)11-4-3-5-13-14(11)18-9-8-17-13/h3-5,12,16H,1,6-9,15H2,2H3. The van der Waals surface area contributed by atoms with Crippen LogP contribution in [-0.2, 0) is 0 Å². The Morgan fingerprint density at radius 3 is 2.94 bits per heavy atom. The number of nitrogens with one attached hydrogen (secondary N) is 1. The summed E-state index contributed by atoms with van der Waals surface area (Å²) in [6.45, 7) is 7.12. The van der Waals surface area contributed by atoms with E-state index in [0.717, 1.165) is 35.5 Å². The van der Waals surface area contributed by atoms with Crippen molar-refractivity contribution in [1.29, 1.82) is 0 Å². The molecule has 0 aliphatic carbocycles. The van der Waals surface area contributed by atoms with Crippen LogP contribution in [0.2, 0.25) is 0 Å². The summed E-state index contributed by atoms with van der Waals surface area (Å²) in [6.07, 6.45) is 1.82. The zero-order valence-corrected chi connectivity index (χ0v) is 10.7. The molecule has 0 saturated carbocycles. The number of rotatable bonds is 5. The first-order chi connectivity index (χ1) is 8.72. The van der Waals surface area contributed by atoms with Gasteiger partial charge in [0, 0.05) is 5.56 Å². The first-order valence-corrected chi connectivity index (χ1v) is 6.21. The number of para-hydroxylation sites is 1. The van der Waals surface area contributed by atoms with Crippen molar-refractivity contribution in [3.05, 3.63) is 35.9 Å². The van der Waals surface area contributed by atoms with Crippen molar-refractivity contribution in [2.75, 3.05) is 13.2 Å². The Hall–Kier alpha value is -1.52. The fourth-order valence-electron chi connectivity index (χ4n) is 2.09. The highest BCUT2D eigenvalue weighted by Crippen LogP contribution is 2.38. The average molecular weight is 248 g/mol. The molecule has 1 atom stereocenters. The summed E-state index contributed by atoms with van der Waals surface area (Å²) in [6, 6.07) is 5.97. The first-order valence-electron chi connectivity index (χ1n) is 6.21. The highest BCUT2D eigenvalue weighted by Gasteiger charge is 2.21. The molecule has 0 fully saturated rings. The fourth-order valence-corrected chi connectivity index (χ4v) is 2.09. The smallest absolute Gasteiger partial charge is 0.166 e. The molecule has 0 spiro atoms. The zero-order valence-electron chi connectivity index (χ0n) is 10.7. The summed E-state index contributed by atoms with van der Waals surface area (Å²) in [5.41, 5.74) is 5.05. The van der Waals surface area contributed by atoms with Crippen LogP contribution in [0.4, 0.5) is 0 Å². The predicted molar refractivity (Wildman–Crippen MR) is 71.5 cm³/mol. The molecular formula is C14H20N2O2. The molecule has 18 heavy (non-hydrogen) atoms. The van der Waals surface area contributed by atoms with Crippen LogP contribution in [0, 0.1) is 0 Å². The van der Waals surface area contributed by atoms with Gasteiger partial charge in [-0.1, -0.05) is 17.7 Å². The highest BCUT2D eigenvalue weighted by molar-refractivity contribution is 5.48. The maximum atomic E-state index is 5.70. The van der Waals surface area contributed by atoms with E-state index >= 15 is 0 Å². The number of allylic oxidation sites excluding steroid dienone is 1. The number of fused-ring (bicyclic) bond motifs is 1. The van der Waals surface area contributed by atoms with Crippen molar-refractivity contribution in [2.24, 2.45) is 5.84 Å². The number of hydrogen-bond donors (Lipinski definition) is 2. The first kappa shape index (κ1) is 12.9. The third-order valence-electron chi connectivity index (χ3n) is 3.03. The lowest BCUT2D eigenvalue weighted by Gasteiger charge is -2.25. The molecule has 0 aromatic heterocycles. The Labute approximate surface area is 108 Å². The molecule has 1 heterocycles. The molecule has 0 amide bonds. The van der Waals surface area contributed by atoms with Gasteiger partial charge in [-0.05, 0) is 25.8 Å². The van der Waals surface area contributed by atoms with E-state index in [2.05, 4.69) is 12.0 Å². The quantitative estimate of drug-likeness (QED) is 0.477. The fraction of sp³-hybridized carbons (Fsp3) is 0.429. The van der Waals surface area contributed by atoms with Gasteiger partial charge in [-0.25, -0.2) is 0 Å². The Kier molecular flexibility index (Phi) is 4.23. The van der Waals surface area contributed by atoms with Gasteiger partial charge in [0.05, 0.1) is 6.04 Å². The monoisotopic (exact) mass is 248 g/mol. The maximum absolute atomic E-state index is 5.70. The molecule has 1 aromatic rings. The predicted octanol–water partition coefficient (Wildman–Crippen LogP) is 2.32. The number of nitrogens with two attached hydrogens (primary N) is 1. The molecule has 0 saturated heterocycles. The van der Waals surface area contributed by atoms with E-state index in [0.29, 0.717) is 13.2 Å². The van der Waals surface area contributed by atoms with Gasteiger partial charge in [0.2, 0.25) is 0 Å². The van der Waals surface area contributed by atoms with Gasteiger partial charge >= 0.3 is 0 Å². The summed E-state index contributed by atoms with van der Waals surface area (Å²) < 4.78 is 11.3. The largest absolute Gasteiger partial charge is 0.486 e. The molecule has 0 bridgehead atoms. The van der Waals surface area contributed by atoms with Crippen LogP contribution in [0.1, 0.15) is 31.4 Å². The molecule has 4 heteroatoms. The molecule has 4 nitrogen and oxygen atoms in total. The van der Waals surface area contributed by atoms with E-state index in [4.69, 9.17) is 15.3 Å². The van der Waals surface area contributed by atoms with Gasteiger partial charge in [0.15, 0.2) is 11.5 Å². The molecule has 2 rings (SSSR count). The topological polar surface area (TPSA) is 56.5 Å². The second-order valence-electron chi connectivity index (χ2n) is 4.59. The van der Waals surface area contributed by atoms with Crippen molar-refractivity contribution < 1.29 is 9.47 Å². The van der Waals surface area contributed by atoms with Gasteiger partial charge in [-0.2, -0.15) is 0 Å². The van der Waals surface area contributed by atoms with E-state index in [1.54, 1.807) is 0 Å². The van der Waals surface area contributed by atoms with E-state index in [1.807, 2.05) is 25.1 Å². The SMILES string of the molecule is C=C(C)CCC(NN)c1cccc2c1OCCO2. The minimum absolute atomic E-state index is 0.0540. The molecule has 1 aliphatic rings. The van der Waals surface area contributed by atoms with Gasteiger partial charge in [-0.15, -0.1) is 6.58 Å². The molecule has 3 N–H and O–H groups in total. The van der Waals surface area contributed by atoms with Gasteiger partial charge in [0.1, 0.15) is 13.2 Å². The lowest BCUT2D eigenvalue weighted by Crippen LogP contribution is -2.29. The van der Waals surface area contributed by atoms with Crippen LogP contribution in [0.3, 0.4) is 0 Å². The van der Waals surface area contributed by atoms with Crippen molar-refractivity contribution in [1.82, 2.24) is 5.43 Å². The van der Waals surface area contributed by atoms with Crippen LogP contribution in [-0.4, -0.2) is 13.2 Å². The zero-order chi connectivity index (χ0) is 13.0. The van der Waals surface area contributed by atoms with Crippen molar-refractivity contribution >= 4 is 0 Å². The van der Waals surface area contributed by atoms with E-state index in [9.17, 15) is 0 Å². The van der Waals surface area contributed by atoms with Crippen molar-refractivity contribution in [2.45, 2.75) is 25.8 Å². The Balaban J connectivity index is 2.22. The third kappa shape index (κ3) is 2.83. The minimum atomic E-state index is 0.0540. The van der Waals surface area contributed by atoms with Gasteiger partial charge in [0.25, 0.3) is 0 Å². The average Bonchev–Trinajstić information content (AvgIpc) is 2.39. The highest BCUT2D eigenvalue weighted by atomic mass is 16.6. The lowest BCUT2D eigenvalue weighted by atomic mass is 9.99. The van der Waals surface area contributed by atoms with Crippen LogP contribution < -0.4 is 20.7 Å². The van der Waals surface area contributed by atoms with E-state index in [-0.39, 0.29) is 6.04 Å². The molecule has 1 unspecified atom stereocenters. The molecule has 1 aromatic carbocycles. The number of hydrogen-bond acceptors (Lipinski definition) is 4. The lowest BCUT2D eigenvalue weighted by molar-refractivity contribution is 0.168. The summed E-state index contributed by atoms with van der Waals surface area (Å²) in [7, 11) is 0. The molecule has 98 valence electrons. The second-order valence-corrected chi connectivity index (χ2v) is 4.59. The molecule has 1 aliphatic heterocycles. The summed E-state index contributed by atoms with van der Waals surface area (Å²) >= 11 is 0. The molecular weight excluding hydrogens is 228 g/mol. The van der Waals surface area contributed by atoms with Crippen LogP contribution >= 0.6 is 0 Å². The van der Waals surface area contributed by atoms with Crippen LogP contribution in [0.5, 0.6) is 11.5 Å². The van der Waals surface area contributed by atoms with Crippen LogP contribution in [0.25, 0.3) is 0 Å². The normalized spacial score (nSPS) is 15.2. The number of hydrazine groups is 1.